The van der Waals surface area contributed by atoms with Crippen LogP contribution in [0.3, 0.4) is 0 Å². The molecule has 0 radical (unpaired) electrons. The lowest BCUT2D eigenvalue weighted by Gasteiger charge is -2.11. The summed E-state index contributed by atoms with van der Waals surface area (Å²) in [5, 5.41) is 6.81. The van der Waals surface area contributed by atoms with Crippen molar-refractivity contribution in [3.63, 3.8) is 0 Å². The van der Waals surface area contributed by atoms with Gasteiger partial charge < -0.3 is 20.6 Å². The van der Waals surface area contributed by atoms with Gasteiger partial charge in [0.05, 0.1) is 6.54 Å². The number of carbonyl (C=O) groups excluding carboxylic acids is 2. The van der Waals surface area contributed by atoms with Crippen LogP contribution < -0.4 is 15.8 Å². The molecule has 0 saturated carbocycles. The normalized spacial score (nSPS) is 16.6. The number of nitrogens with zero attached hydrogens (tertiary/aromatic N) is 1. The van der Waals surface area contributed by atoms with Crippen molar-refractivity contribution in [2.75, 3.05) is 13.2 Å². The summed E-state index contributed by atoms with van der Waals surface area (Å²) in [7, 11) is 0. The zero-order valence-corrected chi connectivity index (χ0v) is 12.7. The van der Waals surface area contributed by atoms with Crippen LogP contribution in [-0.2, 0) is 14.4 Å². The quantitative estimate of drug-likeness (QED) is 0.806. The van der Waals surface area contributed by atoms with Crippen LogP contribution in [-0.4, -0.2) is 36.8 Å². The van der Waals surface area contributed by atoms with Crippen molar-refractivity contribution in [3.8, 4) is 5.75 Å². The molecule has 1 aliphatic heterocycles. The molecule has 3 N–H and O–H groups in total. The third-order valence-corrected chi connectivity index (χ3v) is 3.28. The van der Waals surface area contributed by atoms with Gasteiger partial charge >= 0.3 is 0 Å². The highest BCUT2D eigenvalue weighted by Gasteiger charge is 2.24. The number of aryl methyl sites for hydroxylation is 1. The van der Waals surface area contributed by atoms with E-state index in [1.807, 2.05) is 6.92 Å². The van der Waals surface area contributed by atoms with Gasteiger partial charge in [0.2, 0.25) is 0 Å². The number of nitrogens with two attached hydrogens (primary N) is 1. The van der Waals surface area contributed by atoms with Crippen LogP contribution in [0.4, 0.5) is 0 Å². The fourth-order valence-electron chi connectivity index (χ4n) is 1.88. The van der Waals surface area contributed by atoms with Crippen LogP contribution in [0.25, 0.3) is 0 Å². The van der Waals surface area contributed by atoms with Gasteiger partial charge in [0.1, 0.15) is 11.5 Å². The van der Waals surface area contributed by atoms with Gasteiger partial charge in [0, 0.05) is 11.4 Å². The van der Waals surface area contributed by atoms with Crippen LogP contribution in [0.1, 0.15) is 12.0 Å². The number of rotatable bonds is 6. The van der Waals surface area contributed by atoms with Crippen molar-refractivity contribution in [2.24, 2.45) is 10.9 Å². The summed E-state index contributed by atoms with van der Waals surface area (Å²) in [5.41, 5.74) is 6.11. The number of hydrogen-bond acceptors (Lipinski definition) is 5. The van der Waals surface area contributed by atoms with Crippen LogP contribution in [0.15, 0.2) is 23.4 Å². The maximum absolute atomic E-state index is 11.7. The average Bonchev–Trinajstić information content (AvgIpc) is 2.93. The van der Waals surface area contributed by atoms with E-state index in [0.29, 0.717) is 10.8 Å². The van der Waals surface area contributed by atoms with Crippen molar-refractivity contribution in [1.82, 2.24) is 5.32 Å². The van der Waals surface area contributed by atoms with E-state index in [-0.39, 0.29) is 37.3 Å². The Labute approximate surface area is 132 Å². The van der Waals surface area contributed by atoms with Crippen molar-refractivity contribution in [3.05, 3.63) is 28.8 Å². The van der Waals surface area contributed by atoms with Crippen molar-refractivity contribution >= 4 is 29.1 Å². The van der Waals surface area contributed by atoms with Crippen LogP contribution >= 0.6 is 11.6 Å². The number of amides is 2. The summed E-state index contributed by atoms with van der Waals surface area (Å²) in [6.07, 6.45) is -0.101. The van der Waals surface area contributed by atoms with Gasteiger partial charge in [0.25, 0.3) is 11.8 Å². The molecule has 0 aliphatic carbocycles. The molecule has 0 unspecified atom stereocenters. The third kappa shape index (κ3) is 4.36. The van der Waals surface area contributed by atoms with E-state index in [2.05, 4.69) is 10.5 Å². The number of oxime groups is 1. The van der Waals surface area contributed by atoms with Crippen LogP contribution in [0.2, 0.25) is 5.02 Å². The van der Waals surface area contributed by atoms with Gasteiger partial charge in [-0.15, -0.1) is 0 Å². The number of ether oxygens (including phenoxy) is 1. The fourth-order valence-corrected chi connectivity index (χ4v) is 2.11. The molecule has 8 heteroatoms. The maximum atomic E-state index is 11.7. The highest BCUT2D eigenvalue weighted by molar-refractivity contribution is 6.38. The smallest absolute Gasteiger partial charge is 0.266 e. The van der Waals surface area contributed by atoms with Crippen LogP contribution in [0, 0.1) is 6.92 Å². The van der Waals surface area contributed by atoms with Gasteiger partial charge in [-0.05, 0) is 30.7 Å². The summed E-state index contributed by atoms with van der Waals surface area (Å²) in [6, 6.07) is 5.15. The molecule has 0 fully saturated rings. The van der Waals surface area contributed by atoms with Gasteiger partial charge in [-0.2, -0.15) is 0 Å². The predicted molar refractivity (Wildman–Crippen MR) is 80.8 cm³/mol. The topological polar surface area (TPSA) is 103 Å². The number of hydrogen-bond donors (Lipinski definition) is 2. The van der Waals surface area contributed by atoms with Gasteiger partial charge in [0.15, 0.2) is 12.7 Å². The van der Waals surface area contributed by atoms with E-state index in [9.17, 15) is 9.59 Å². The number of primary amides is 1. The molecule has 0 aromatic heterocycles. The van der Waals surface area contributed by atoms with E-state index in [4.69, 9.17) is 26.9 Å². The highest BCUT2D eigenvalue weighted by Crippen LogP contribution is 2.21. The standard InChI is InChI=1S/C14H16ClN3O4/c1-8-4-9(15)2-3-12(8)21-7-13(19)17-6-10-5-11(14(16)20)18-22-10/h2-4,10H,5-7H2,1H3,(H2,16,20)(H,17,19)/t10-/m0/s1. The molecule has 1 heterocycles. The number of halogens is 1. The van der Waals surface area contributed by atoms with Crippen molar-refractivity contribution < 1.29 is 19.2 Å². The minimum absolute atomic E-state index is 0.126. The minimum atomic E-state index is -0.615. The van der Waals surface area contributed by atoms with Crippen molar-refractivity contribution in [2.45, 2.75) is 19.4 Å². The summed E-state index contributed by atoms with van der Waals surface area (Å²) in [5.74, 6) is -0.322. The number of nitrogens with one attached hydrogen (secondary N) is 1. The Balaban J connectivity index is 1.72. The molecule has 0 bridgehead atoms. The molecular weight excluding hydrogens is 310 g/mol. The molecule has 118 valence electrons. The van der Waals surface area contributed by atoms with E-state index >= 15 is 0 Å². The summed E-state index contributed by atoms with van der Waals surface area (Å²) in [4.78, 5) is 27.6. The molecular formula is C14H16ClN3O4. The lowest BCUT2D eigenvalue weighted by Crippen LogP contribution is -2.36. The number of benzene rings is 1. The molecule has 22 heavy (non-hydrogen) atoms. The lowest BCUT2D eigenvalue weighted by molar-refractivity contribution is -0.123. The largest absolute Gasteiger partial charge is 0.484 e. The zero-order chi connectivity index (χ0) is 16.1. The fraction of sp³-hybridized carbons (Fsp3) is 0.357. The van der Waals surface area contributed by atoms with Crippen LogP contribution in [0.5, 0.6) is 5.75 Å². The first-order valence-corrected chi connectivity index (χ1v) is 7.01. The summed E-state index contributed by atoms with van der Waals surface area (Å²) < 4.78 is 5.41. The van der Waals surface area contributed by atoms with Crippen molar-refractivity contribution in [1.29, 1.82) is 0 Å². The van der Waals surface area contributed by atoms with Gasteiger partial charge in [-0.1, -0.05) is 16.8 Å². The van der Waals surface area contributed by atoms with E-state index in [1.54, 1.807) is 18.2 Å². The SMILES string of the molecule is Cc1cc(Cl)ccc1OCC(=O)NC[C@@H]1CC(C(N)=O)=NO1. The highest BCUT2D eigenvalue weighted by atomic mass is 35.5. The first-order chi connectivity index (χ1) is 10.5. The Bertz CT molecular complexity index is 618. The Morgan fingerprint density at radius 1 is 1.55 bits per heavy atom. The minimum Gasteiger partial charge on any atom is -0.484 e. The van der Waals surface area contributed by atoms with E-state index in [1.165, 1.54) is 0 Å². The summed E-state index contributed by atoms with van der Waals surface area (Å²) >= 11 is 5.84. The second-order valence-corrected chi connectivity index (χ2v) is 5.27. The third-order valence-electron chi connectivity index (χ3n) is 3.04. The first kappa shape index (κ1) is 16.1. The second kappa shape index (κ2) is 7.13. The van der Waals surface area contributed by atoms with Gasteiger partial charge in [-0.3, -0.25) is 9.59 Å². The molecule has 1 aromatic carbocycles. The monoisotopic (exact) mass is 325 g/mol. The zero-order valence-electron chi connectivity index (χ0n) is 12.0. The molecule has 0 spiro atoms. The summed E-state index contributed by atoms with van der Waals surface area (Å²) in [6.45, 7) is 1.94. The van der Waals surface area contributed by atoms with E-state index in [0.717, 1.165) is 5.56 Å². The molecule has 1 aromatic rings. The molecule has 2 amide bonds. The molecule has 1 atom stereocenters. The molecule has 1 aliphatic rings. The predicted octanol–water partition coefficient (Wildman–Crippen LogP) is 0.774. The van der Waals surface area contributed by atoms with Gasteiger partial charge in [-0.25, -0.2) is 0 Å². The Morgan fingerprint density at radius 3 is 2.95 bits per heavy atom. The van der Waals surface area contributed by atoms with E-state index < -0.39 is 5.91 Å². The number of carbonyl (C=O) groups is 2. The molecule has 0 saturated heterocycles. The average molecular weight is 326 g/mol. The Morgan fingerprint density at radius 2 is 2.32 bits per heavy atom. The molecule has 2 rings (SSSR count). The maximum Gasteiger partial charge on any atom is 0.266 e. The lowest BCUT2D eigenvalue weighted by atomic mass is 10.2. The second-order valence-electron chi connectivity index (χ2n) is 4.84. The Kier molecular flexibility index (Phi) is 5.21. The Hall–Kier alpha value is -2.28. The molecule has 7 nitrogen and oxygen atoms in total. The first-order valence-electron chi connectivity index (χ1n) is 6.64.